The smallest absolute Gasteiger partial charge is 0.232 e. The topological polar surface area (TPSA) is 64.4 Å². The van der Waals surface area contributed by atoms with Crippen molar-refractivity contribution in [3.63, 3.8) is 0 Å². The Morgan fingerprint density at radius 2 is 2.29 bits per heavy atom. The first-order valence-electron chi connectivity index (χ1n) is 5.86. The van der Waals surface area contributed by atoms with Gasteiger partial charge < -0.3 is 9.26 Å². The molecule has 0 spiro atoms. The molecule has 1 amide bonds. The van der Waals surface area contributed by atoms with Crippen molar-refractivity contribution in [2.75, 3.05) is 11.9 Å². The second-order valence-corrected chi connectivity index (χ2v) is 5.32. The first-order valence-corrected chi connectivity index (χ1v) is 5.86. The molecule has 2 heterocycles. The minimum atomic E-state index is -0.448. The number of nitrogens with zero attached hydrogens (tertiary/aromatic N) is 1. The summed E-state index contributed by atoms with van der Waals surface area (Å²) < 4.78 is 10.6. The number of carbonyl (C=O) groups excluding carboxylic acids is 1. The Morgan fingerprint density at radius 1 is 1.53 bits per heavy atom. The minimum absolute atomic E-state index is 0.0130. The van der Waals surface area contributed by atoms with E-state index in [2.05, 4.69) is 10.5 Å². The number of hydrogen-bond acceptors (Lipinski definition) is 4. The summed E-state index contributed by atoms with van der Waals surface area (Å²) in [4.78, 5) is 11.7. The van der Waals surface area contributed by atoms with Gasteiger partial charge in [-0.3, -0.25) is 10.1 Å². The first kappa shape index (κ1) is 12.1. The molecule has 2 rings (SSSR count). The van der Waals surface area contributed by atoms with Gasteiger partial charge in [0.25, 0.3) is 0 Å². The molecule has 0 unspecified atom stereocenters. The molecule has 1 aromatic rings. The lowest BCUT2D eigenvalue weighted by molar-refractivity contribution is -0.123. The molecule has 94 valence electrons. The van der Waals surface area contributed by atoms with Gasteiger partial charge in [-0.05, 0) is 12.8 Å². The van der Waals surface area contributed by atoms with Gasteiger partial charge in [0.05, 0.1) is 0 Å². The fourth-order valence-electron chi connectivity index (χ4n) is 1.61. The molecule has 1 aliphatic heterocycles. The van der Waals surface area contributed by atoms with Crippen molar-refractivity contribution in [1.82, 2.24) is 5.16 Å². The van der Waals surface area contributed by atoms with Crippen LogP contribution in [-0.2, 0) is 9.53 Å². The fraction of sp³-hybridized carbons (Fsp3) is 0.667. The highest BCUT2D eigenvalue weighted by molar-refractivity contribution is 5.93. The third kappa shape index (κ3) is 2.85. The van der Waals surface area contributed by atoms with Crippen LogP contribution in [0, 0.1) is 5.41 Å². The summed E-state index contributed by atoms with van der Waals surface area (Å²) in [6.45, 7) is 6.31. The third-order valence-electron chi connectivity index (χ3n) is 2.71. The predicted octanol–water partition coefficient (Wildman–Crippen LogP) is 2.51. The van der Waals surface area contributed by atoms with E-state index in [-0.39, 0.29) is 12.0 Å². The molecule has 1 aliphatic rings. The average Bonchev–Trinajstić information content (AvgIpc) is 2.83. The van der Waals surface area contributed by atoms with E-state index in [1.165, 1.54) is 0 Å². The number of ether oxygens (including phenoxy) is 1. The molecule has 17 heavy (non-hydrogen) atoms. The van der Waals surface area contributed by atoms with E-state index in [1.807, 2.05) is 20.8 Å². The number of carbonyl (C=O) groups is 1. The second kappa shape index (κ2) is 4.49. The number of hydrogen-bond donors (Lipinski definition) is 1. The predicted molar refractivity (Wildman–Crippen MR) is 62.5 cm³/mol. The molecular weight excluding hydrogens is 220 g/mol. The van der Waals surface area contributed by atoms with Crippen molar-refractivity contribution in [3.8, 4) is 0 Å². The molecule has 0 saturated carbocycles. The van der Waals surface area contributed by atoms with E-state index in [9.17, 15) is 4.79 Å². The maximum atomic E-state index is 11.7. The number of nitrogens with one attached hydrogen (secondary N) is 1. The molecule has 0 aliphatic carbocycles. The molecule has 0 radical (unpaired) electrons. The Bertz CT molecular complexity index is 400. The fourth-order valence-corrected chi connectivity index (χ4v) is 1.61. The standard InChI is InChI=1S/C12H18N2O3/c1-12(2,3)11(15)13-10-7-8(14-17-10)9-5-4-6-16-9/h7,9H,4-6H2,1-3H3,(H,13,15)/t9-/m0/s1. The zero-order valence-corrected chi connectivity index (χ0v) is 10.4. The molecule has 5 nitrogen and oxygen atoms in total. The number of anilines is 1. The van der Waals surface area contributed by atoms with Crippen LogP contribution in [0.25, 0.3) is 0 Å². The van der Waals surface area contributed by atoms with Crippen LogP contribution in [-0.4, -0.2) is 17.7 Å². The summed E-state index contributed by atoms with van der Waals surface area (Å²) in [6, 6.07) is 1.74. The van der Waals surface area contributed by atoms with E-state index < -0.39 is 5.41 Å². The quantitative estimate of drug-likeness (QED) is 0.859. The van der Waals surface area contributed by atoms with Crippen molar-refractivity contribution in [3.05, 3.63) is 11.8 Å². The number of rotatable bonds is 2. The third-order valence-corrected chi connectivity index (χ3v) is 2.71. The van der Waals surface area contributed by atoms with E-state index >= 15 is 0 Å². The number of aromatic nitrogens is 1. The molecule has 0 bridgehead atoms. The molecule has 1 aromatic heterocycles. The summed E-state index contributed by atoms with van der Waals surface area (Å²) in [6.07, 6.45) is 2.01. The van der Waals surface area contributed by atoms with Crippen molar-refractivity contribution in [2.45, 2.75) is 39.7 Å². The van der Waals surface area contributed by atoms with Crippen molar-refractivity contribution in [1.29, 1.82) is 0 Å². The van der Waals surface area contributed by atoms with Gasteiger partial charge in [0.2, 0.25) is 11.8 Å². The second-order valence-electron chi connectivity index (χ2n) is 5.32. The SMILES string of the molecule is CC(C)(C)C(=O)Nc1cc([C@@H]2CCCO2)no1. The van der Waals surface area contributed by atoms with Gasteiger partial charge in [-0.15, -0.1) is 0 Å². The molecule has 1 saturated heterocycles. The lowest BCUT2D eigenvalue weighted by atomic mass is 9.96. The van der Waals surface area contributed by atoms with Crippen LogP contribution >= 0.6 is 0 Å². The van der Waals surface area contributed by atoms with Gasteiger partial charge in [0, 0.05) is 18.1 Å². The van der Waals surface area contributed by atoms with Gasteiger partial charge in [0.15, 0.2) is 0 Å². The molecule has 5 heteroatoms. The Hall–Kier alpha value is -1.36. The van der Waals surface area contributed by atoms with Crippen LogP contribution in [0.15, 0.2) is 10.6 Å². The van der Waals surface area contributed by atoms with E-state index in [4.69, 9.17) is 9.26 Å². The van der Waals surface area contributed by atoms with Gasteiger partial charge in [-0.2, -0.15) is 0 Å². The Kier molecular flexibility index (Phi) is 3.19. The summed E-state index contributed by atoms with van der Waals surface area (Å²) in [7, 11) is 0. The molecular formula is C12H18N2O3. The number of amides is 1. The normalized spacial score (nSPS) is 20.5. The van der Waals surface area contributed by atoms with Gasteiger partial charge in [0.1, 0.15) is 11.8 Å². The Balaban J connectivity index is 2.01. The summed E-state index contributed by atoms with van der Waals surface area (Å²) >= 11 is 0. The van der Waals surface area contributed by atoms with Crippen LogP contribution in [0.5, 0.6) is 0 Å². The van der Waals surface area contributed by atoms with Gasteiger partial charge >= 0.3 is 0 Å². The summed E-state index contributed by atoms with van der Waals surface area (Å²) in [5.41, 5.74) is 0.309. The zero-order chi connectivity index (χ0) is 12.5. The lowest BCUT2D eigenvalue weighted by Crippen LogP contribution is -2.27. The largest absolute Gasteiger partial charge is 0.372 e. The first-order chi connectivity index (χ1) is 7.97. The summed E-state index contributed by atoms with van der Waals surface area (Å²) in [5, 5.41) is 6.62. The van der Waals surface area contributed by atoms with Crippen LogP contribution in [0.3, 0.4) is 0 Å². The van der Waals surface area contributed by atoms with Crippen LogP contribution < -0.4 is 5.32 Å². The monoisotopic (exact) mass is 238 g/mol. The van der Waals surface area contributed by atoms with Gasteiger partial charge in [-0.1, -0.05) is 25.9 Å². The zero-order valence-electron chi connectivity index (χ0n) is 10.4. The molecule has 0 aromatic carbocycles. The Morgan fingerprint density at radius 3 is 2.88 bits per heavy atom. The van der Waals surface area contributed by atoms with E-state index in [0.29, 0.717) is 5.88 Å². The van der Waals surface area contributed by atoms with Crippen molar-refractivity contribution < 1.29 is 14.1 Å². The Labute approximate surface area is 101 Å². The van der Waals surface area contributed by atoms with E-state index in [0.717, 1.165) is 25.1 Å². The molecule has 1 atom stereocenters. The molecule has 1 N–H and O–H groups in total. The summed E-state index contributed by atoms with van der Waals surface area (Å²) in [5.74, 6) is 0.294. The van der Waals surface area contributed by atoms with Crippen molar-refractivity contribution in [2.24, 2.45) is 5.41 Å². The van der Waals surface area contributed by atoms with Crippen LogP contribution in [0.1, 0.15) is 45.4 Å². The molecule has 1 fully saturated rings. The van der Waals surface area contributed by atoms with Crippen molar-refractivity contribution >= 4 is 11.8 Å². The maximum Gasteiger partial charge on any atom is 0.232 e. The van der Waals surface area contributed by atoms with Crippen LogP contribution in [0.4, 0.5) is 5.88 Å². The minimum Gasteiger partial charge on any atom is -0.372 e. The van der Waals surface area contributed by atoms with Gasteiger partial charge in [-0.25, -0.2) is 0 Å². The van der Waals surface area contributed by atoms with Crippen LogP contribution in [0.2, 0.25) is 0 Å². The highest BCUT2D eigenvalue weighted by Crippen LogP contribution is 2.29. The van der Waals surface area contributed by atoms with E-state index in [1.54, 1.807) is 6.07 Å². The highest BCUT2D eigenvalue weighted by Gasteiger charge is 2.25. The average molecular weight is 238 g/mol. The maximum absolute atomic E-state index is 11.7. The lowest BCUT2D eigenvalue weighted by Gasteiger charge is -2.15. The highest BCUT2D eigenvalue weighted by atomic mass is 16.5.